The minimum Gasteiger partial charge on any atom is -0.466 e. The number of carbonyl (C=O) groups is 3. The first-order valence-corrected chi connectivity index (χ1v) is 13.1. The maximum atomic E-state index is 12.7. The highest BCUT2D eigenvalue weighted by molar-refractivity contribution is 7.89. The molecule has 2 saturated heterocycles. The van der Waals surface area contributed by atoms with Crippen LogP contribution in [0, 0.1) is 5.92 Å². The van der Waals surface area contributed by atoms with Crippen molar-refractivity contribution in [3.8, 4) is 0 Å². The van der Waals surface area contributed by atoms with E-state index in [9.17, 15) is 22.8 Å². The number of hydrogen-bond acceptors (Lipinski definition) is 7. The fourth-order valence-electron chi connectivity index (χ4n) is 4.09. The molecule has 2 aliphatic heterocycles. The molecule has 2 aliphatic rings. The number of likely N-dealkylation sites (tertiary alicyclic amines) is 1. The quantitative estimate of drug-likeness (QED) is 0.508. The Morgan fingerprint density at radius 1 is 1.15 bits per heavy atom. The van der Waals surface area contributed by atoms with Crippen LogP contribution in [-0.2, 0) is 29.1 Å². The van der Waals surface area contributed by atoms with Crippen LogP contribution in [-0.4, -0.2) is 88.5 Å². The van der Waals surface area contributed by atoms with E-state index in [2.05, 4.69) is 4.72 Å². The third-order valence-electron chi connectivity index (χ3n) is 6.12. The molecule has 1 atom stereocenters. The first-order chi connectivity index (χ1) is 16.2. The van der Waals surface area contributed by atoms with Crippen molar-refractivity contribution in [1.29, 1.82) is 0 Å². The van der Waals surface area contributed by atoms with Gasteiger partial charge in [0.1, 0.15) is 0 Å². The Bertz CT molecular complexity index is 967. The third kappa shape index (κ3) is 6.77. The van der Waals surface area contributed by atoms with Gasteiger partial charge in [0.2, 0.25) is 15.9 Å². The molecule has 10 nitrogen and oxygen atoms in total. The van der Waals surface area contributed by atoms with E-state index in [1.54, 1.807) is 11.8 Å². The number of nitrogens with one attached hydrogen (secondary N) is 1. The fourth-order valence-corrected chi connectivity index (χ4v) is 5.15. The Balaban J connectivity index is 1.50. The van der Waals surface area contributed by atoms with E-state index in [4.69, 9.17) is 9.47 Å². The number of sulfonamides is 1. The maximum absolute atomic E-state index is 12.7. The van der Waals surface area contributed by atoms with E-state index >= 15 is 0 Å². The van der Waals surface area contributed by atoms with Gasteiger partial charge in [-0.3, -0.25) is 14.4 Å². The second kappa shape index (κ2) is 11.8. The highest BCUT2D eigenvalue weighted by Crippen LogP contribution is 2.19. The van der Waals surface area contributed by atoms with Crippen molar-refractivity contribution in [3.05, 3.63) is 29.8 Å². The van der Waals surface area contributed by atoms with Crippen molar-refractivity contribution >= 4 is 27.8 Å². The molecule has 2 heterocycles. The van der Waals surface area contributed by atoms with Gasteiger partial charge in [0.05, 0.1) is 30.1 Å². The molecule has 0 aromatic heterocycles. The molecule has 0 spiro atoms. The molecule has 2 fully saturated rings. The SMILES string of the molecule is CCOC(=O)C1CCN(C(=O)CN(C)C(=O)c2ccc(S(=O)(=O)NCC3CCCO3)cc2)CC1. The molecule has 34 heavy (non-hydrogen) atoms. The summed E-state index contributed by atoms with van der Waals surface area (Å²) in [4.78, 5) is 40.2. The van der Waals surface area contributed by atoms with Crippen LogP contribution in [0.1, 0.15) is 43.0 Å². The van der Waals surface area contributed by atoms with Gasteiger partial charge in [-0.2, -0.15) is 0 Å². The zero-order chi connectivity index (χ0) is 24.7. The molecule has 0 radical (unpaired) electrons. The maximum Gasteiger partial charge on any atom is 0.309 e. The molecular formula is C23H33N3O7S. The molecule has 0 aliphatic carbocycles. The number of hydrogen-bond donors (Lipinski definition) is 1. The molecule has 3 rings (SSSR count). The molecule has 0 saturated carbocycles. The van der Waals surface area contributed by atoms with Crippen LogP contribution in [0.4, 0.5) is 0 Å². The minimum absolute atomic E-state index is 0.0604. The third-order valence-corrected chi connectivity index (χ3v) is 7.56. The van der Waals surface area contributed by atoms with Gasteiger partial charge >= 0.3 is 5.97 Å². The van der Waals surface area contributed by atoms with Crippen LogP contribution >= 0.6 is 0 Å². The predicted octanol–water partition coefficient (Wildman–Crippen LogP) is 1.02. The van der Waals surface area contributed by atoms with Gasteiger partial charge in [0.25, 0.3) is 5.91 Å². The van der Waals surface area contributed by atoms with Crippen molar-refractivity contribution in [3.63, 3.8) is 0 Å². The van der Waals surface area contributed by atoms with E-state index in [-0.39, 0.29) is 53.4 Å². The average molecular weight is 496 g/mol. The largest absolute Gasteiger partial charge is 0.466 e. The summed E-state index contributed by atoms with van der Waals surface area (Å²) in [7, 11) is -2.18. The van der Waals surface area contributed by atoms with Gasteiger partial charge in [-0.25, -0.2) is 13.1 Å². The zero-order valence-corrected chi connectivity index (χ0v) is 20.5. The number of ether oxygens (including phenoxy) is 2. The summed E-state index contributed by atoms with van der Waals surface area (Å²) < 4.78 is 38.0. The van der Waals surface area contributed by atoms with Crippen LogP contribution in [0.15, 0.2) is 29.2 Å². The summed E-state index contributed by atoms with van der Waals surface area (Å²) in [5, 5.41) is 0. The van der Waals surface area contributed by atoms with Crippen LogP contribution in [0.3, 0.4) is 0 Å². The Morgan fingerprint density at radius 2 is 1.82 bits per heavy atom. The number of nitrogens with zero attached hydrogens (tertiary/aromatic N) is 2. The number of carbonyl (C=O) groups excluding carboxylic acids is 3. The topological polar surface area (TPSA) is 122 Å². The lowest BCUT2D eigenvalue weighted by molar-refractivity contribution is -0.151. The van der Waals surface area contributed by atoms with E-state index < -0.39 is 10.0 Å². The van der Waals surface area contributed by atoms with Crippen molar-refractivity contribution in [1.82, 2.24) is 14.5 Å². The number of rotatable bonds is 9. The van der Waals surface area contributed by atoms with Gasteiger partial charge in [-0.15, -0.1) is 0 Å². The average Bonchev–Trinajstić information content (AvgIpc) is 3.36. The van der Waals surface area contributed by atoms with E-state index in [1.165, 1.54) is 36.2 Å². The summed E-state index contributed by atoms with van der Waals surface area (Å²) in [6.07, 6.45) is 2.71. The van der Waals surface area contributed by atoms with Gasteiger partial charge in [-0.05, 0) is 56.9 Å². The van der Waals surface area contributed by atoms with Gasteiger partial charge in [-0.1, -0.05) is 0 Å². The number of esters is 1. The zero-order valence-electron chi connectivity index (χ0n) is 19.7. The molecule has 1 N–H and O–H groups in total. The smallest absolute Gasteiger partial charge is 0.309 e. The van der Waals surface area contributed by atoms with Gasteiger partial charge in [0, 0.05) is 38.9 Å². The summed E-state index contributed by atoms with van der Waals surface area (Å²) >= 11 is 0. The molecule has 188 valence electrons. The lowest BCUT2D eigenvalue weighted by Gasteiger charge is -2.32. The standard InChI is InChI=1S/C23H33N3O7S/c1-3-32-23(29)18-10-12-26(13-11-18)21(27)16-25(2)22(28)17-6-8-20(9-7-17)34(30,31)24-15-19-5-4-14-33-19/h6-9,18-19,24H,3-5,10-16H2,1-2H3. The van der Waals surface area contributed by atoms with E-state index in [0.717, 1.165) is 12.8 Å². The predicted molar refractivity (Wildman–Crippen MR) is 124 cm³/mol. The van der Waals surface area contributed by atoms with Crippen molar-refractivity contribution in [2.24, 2.45) is 5.92 Å². The highest BCUT2D eigenvalue weighted by atomic mass is 32.2. The first-order valence-electron chi connectivity index (χ1n) is 11.6. The van der Waals surface area contributed by atoms with Gasteiger partial charge in [0.15, 0.2) is 0 Å². The minimum atomic E-state index is -3.71. The van der Waals surface area contributed by atoms with Gasteiger partial charge < -0.3 is 19.3 Å². The Hall–Kier alpha value is -2.50. The number of likely N-dealkylation sites (N-methyl/N-ethyl adjacent to an activating group) is 1. The van der Waals surface area contributed by atoms with Crippen LogP contribution < -0.4 is 4.72 Å². The lowest BCUT2D eigenvalue weighted by Crippen LogP contribution is -2.45. The molecule has 11 heteroatoms. The number of amides is 2. The molecular weight excluding hydrogens is 462 g/mol. The molecule has 1 unspecified atom stereocenters. The monoisotopic (exact) mass is 495 g/mol. The molecule has 0 bridgehead atoms. The Morgan fingerprint density at radius 3 is 2.41 bits per heavy atom. The van der Waals surface area contributed by atoms with E-state index in [0.29, 0.717) is 39.1 Å². The second-order valence-electron chi connectivity index (χ2n) is 8.58. The van der Waals surface area contributed by atoms with E-state index in [1.807, 2.05) is 0 Å². The second-order valence-corrected chi connectivity index (χ2v) is 10.3. The van der Waals surface area contributed by atoms with Crippen molar-refractivity contribution in [2.75, 3.05) is 46.4 Å². The lowest BCUT2D eigenvalue weighted by atomic mass is 9.97. The fraction of sp³-hybridized carbons (Fsp3) is 0.609. The Labute approximate surface area is 200 Å². The summed E-state index contributed by atoms with van der Waals surface area (Å²) in [5.74, 6) is -1.01. The van der Waals surface area contributed by atoms with Crippen LogP contribution in [0.2, 0.25) is 0 Å². The molecule has 1 aromatic rings. The van der Waals surface area contributed by atoms with Crippen molar-refractivity contribution in [2.45, 2.75) is 43.6 Å². The summed E-state index contributed by atoms with van der Waals surface area (Å²) in [6, 6.07) is 5.63. The summed E-state index contributed by atoms with van der Waals surface area (Å²) in [5.41, 5.74) is 0.286. The number of piperidine rings is 1. The van der Waals surface area contributed by atoms with Crippen LogP contribution in [0.5, 0.6) is 0 Å². The normalized spacial score (nSPS) is 19.1. The Kier molecular flexibility index (Phi) is 9.03. The molecule has 1 aromatic carbocycles. The molecule has 2 amide bonds. The number of benzene rings is 1. The highest BCUT2D eigenvalue weighted by Gasteiger charge is 2.29. The first kappa shape index (κ1) is 26.1. The van der Waals surface area contributed by atoms with Crippen LogP contribution in [0.25, 0.3) is 0 Å². The van der Waals surface area contributed by atoms with Crippen molar-refractivity contribution < 1.29 is 32.3 Å². The summed E-state index contributed by atoms with van der Waals surface area (Å²) in [6.45, 7) is 3.73.